The van der Waals surface area contributed by atoms with Crippen LogP contribution in [0.5, 0.6) is 5.75 Å². The van der Waals surface area contributed by atoms with Gasteiger partial charge in [0, 0.05) is 24.9 Å². The molecule has 0 bridgehead atoms. The number of benzene rings is 1. The Bertz CT molecular complexity index is 910. The molecule has 1 saturated heterocycles. The Morgan fingerprint density at radius 3 is 2.74 bits per heavy atom. The summed E-state index contributed by atoms with van der Waals surface area (Å²) in [6.45, 7) is 5.19. The second-order valence-electron chi connectivity index (χ2n) is 7.57. The Kier molecular flexibility index (Phi) is 4.91. The van der Waals surface area contributed by atoms with E-state index in [-0.39, 0.29) is 18.4 Å². The predicted octanol–water partition coefficient (Wildman–Crippen LogP) is 1.81. The Morgan fingerprint density at radius 2 is 2.07 bits per heavy atom. The third-order valence-electron chi connectivity index (χ3n) is 4.20. The first-order valence-corrected chi connectivity index (χ1v) is 8.79. The highest BCUT2D eigenvalue weighted by molar-refractivity contribution is 6.02. The first kappa shape index (κ1) is 18.9. The molecule has 27 heavy (non-hydrogen) atoms. The van der Waals surface area contributed by atoms with Crippen molar-refractivity contribution in [3.8, 4) is 5.75 Å². The van der Waals surface area contributed by atoms with E-state index in [1.54, 1.807) is 44.6 Å². The third-order valence-corrected chi connectivity index (χ3v) is 4.20. The average molecular weight is 373 g/mol. The van der Waals surface area contributed by atoms with E-state index >= 15 is 0 Å². The van der Waals surface area contributed by atoms with E-state index in [1.165, 1.54) is 0 Å². The maximum atomic E-state index is 12.2. The lowest BCUT2D eigenvalue weighted by Crippen LogP contribution is -2.39. The predicted molar refractivity (Wildman–Crippen MR) is 97.2 cm³/mol. The number of carbonyl (C=O) groups excluding carboxylic acids is 3. The van der Waals surface area contributed by atoms with E-state index in [2.05, 4.69) is 10.4 Å². The van der Waals surface area contributed by atoms with Crippen LogP contribution in [-0.2, 0) is 26.2 Å². The molecule has 1 aromatic heterocycles. The summed E-state index contributed by atoms with van der Waals surface area (Å²) in [6.07, 6.45) is 0.735. The van der Waals surface area contributed by atoms with E-state index in [0.717, 1.165) is 10.9 Å². The molecule has 1 unspecified atom stereocenters. The van der Waals surface area contributed by atoms with Crippen LogP contribution in [-0.4, -0.2) is 39.8 Å². The maximum absolute atomic E-state index is 12.2. The van der Waals surface area contributed by atoms with Gasteiger partial charge in [0.1, 0.15) is 11.4 Å². The number of carbonyl (C=O) groups is 3. The summed E-state index contributed by atoms with van der Waals surface area (Å²) in [5, 5.41) is 7.65. The van der Waals surface area contributed by atoms with Gasteiger partial charge in [-0.25, -0.2) is 4.79 Å². The minimum Gasteiger partial charge on any atom is -0.482 e. The first-order chi connectivity index (χ1) is 12.6. The van der Waals surface area contributed by atoms with Crippen LogP contribution in [0.25, 0.3) is 10.9 Å². The van der Waals surface area contributed by atoms with Crippen molar-refractivity contribution in [1.82, 2.24) is 15.1 Å². The SMILES string of the molecule is Cn1nc(C2CCC(=O)NC2=O)c2ccc(OCC(=O)OC(C)(C)C)cc21. The summed E-state index contributed by atoms with van der Waals surface area (Å²) in [6, 6.07) is 5.30. The molecule has 3 rings (SSSR count). The number of nitrogens with one attached hydrogen (secondary N) is 1. The lowest BCUT2D eigenvalue weighted by molar-refractivity contribution is -0.157. The van der Waals surface area contributed by atoms with Crippen LogP contribution >= 0.6 is 0 Å². The Hall–Kier alpha value is -2.90. The first-order valence-electron chi connectivity index (χ1n) is 8.79. The van der Waals surface area contributed by atoms with E-state index in [4.69, 9.17) is 9.47 Å². The van der Waals surface area contributed by atoms with Crippen LogP contribution in [0.1, 0.15) is 45.2 Å². The molecule has 0 aliphatic carbocycles. The molecule has 144 valence electrons. The average Bonchev–Trinajstić information content (AvgIpc) is 2.88. The molecule has 8 heteroatoms. The van der Waals surface area contributed by atoms with Gasteiger partial charge in [-0.05, 0) is 39.3 Å². The number of esters is 1. The topological polar surface area (TPSA) is 99.5 Å². The molecule has 0 radical (unpaired) electrons. The highest BCUT2D eigenvalue weighted by Crippen LogP contribution is 2.31. The van der Waals surface area contributed by atoms with Gasteiger partial charge in [0.15, 0.2) is 6.61 Å². The van der Waals surface area contributed by atoms with Crippen molar-refractivity contribution >= 4 is 28.7 Å². The van der Waals surface area contributed by atoms with Crippen LogP contribution in [0.4, 0.5) is 0 Å². The Morgan fingerprint density at radius 1 is 1.33 bits per heavy atom. The number of hydrogen-bond acceptors (Lipinski definition) is 6. The molecule has 2 aromatic rings. The molecule has 1 aromatic carbocycles. The Labute approximate surface area is 156 Å². The third kappa shape index (κ3) is 4.27. The summed E-state index contributed by atoms with van der Waals surface area (Å²) in [5.74, 6) is -0.978. The van der Waals surface area contributed by atoms with E-state index in [0.29, 0.717) is 24.3 Å². The van der Waals surface area contributed by atoms with Gasteiger partial charge in [0.05, 0.1) is 17.1 Å². The zero-order valence-corrected chi connectivity index (χ0v) is 15.9. The van der Waals surface area contributed by atoms with Crippen molar-refractivity contribution in [3.63, 3.8) is 0 Å². The molecular formula is C19H23N3O5. The Balaban J connectivity index is 1.79. The number of fused-ring (bicyclic) bond motifs is 1. The summed E-state index contributed by atoms with van der Waals surface area (Å²) in [7, 11) is 1.77. The number of aryl methyl sites for hydroxylation is 1. The molecule has 1 atom stereocenters. The normalized spacial score (nSPS) is 17.7. The second-order valence-corrected chi connectivity index (χ2v) is 7.57. The molecule has 2 heterocycles. The number of ether oxygens (including phenoxy) is 2. The van der Waals surface area contributed by atoms with Crippen LogP contribution in [0.3, 0.4) is 0 Å². The van der Waals surface area contributed by atoms with Gasteiger partial charge < -0.3 is 9.47 Å². The van der Waals surface area contributed by atoms with Gasteiger partial charge in [-0.15, -0.1) is 0 Å². The summed E-state index contributed by atoms with van der Waals surface area (Å²) in [4.78, 5) is 35.3. The van der Waals surface area contributed by atoms with Gasteiger partial charge in [-0.1, -0.05) is 0 Å². The molecule has 1 aliphatic heterocycles. The number of amides is 2. The highest BCUT2D eigenvalue weighted by atomic mass is 16.6. The molecule has 1 fully saturated rings. The smallest absolute Gasteiger partial charge is 0.344 e. The van der Waals surface area contributed by atoms with Gasteiger partial charge in [-0.3, -0.25) is 19.6 Å². The summed E-state index contributed by atoms with van der Waals surface area (Å²) < 4.78 is 12.4. The fourth-order valence-electron chi connectivity index (χ4n) is 3.08. The number of aromatic nitrogens is 2. The monoisotopic (exact) mass is 373 g/mol. The van der Waals surface area contributed by atoms with Crippen molar-refractivity contribution in [2.45, 2.75) is 45.1 Å². The van der Waals surface area contributed by atoms with Gasteiger partial charge in [-0.2, -0.15) is 5.10 Å². The fourth-order valence-corrected chi connectivity index (χ4v) is 3.08. The number of rotatable bonds is 4. The van der Waals surface area contributed by atoms with Crippen LogP contribution in [0, 0.1) is 0 Å². The lowest BCUT2D eigenvalue weighted by atomic mass is 9.93. The van der Waals surface area contributed by atoms with E-state index in [9.17, 15) is 14.4 Å². The van der Waals surface area contributed by atoms with E-state index in [1.807, 2.05) is 6.07 Å². The zero-order valence-electron chi connectivity index (χ0n) is 15.9. The van der Waals surface area contributed by atoms with Crippen LogP contribution in [0.2, 0.25) is 0 Å². The minimum absolute atomic E-state index is 0.194. The quantitative estimate of drug-likeness (QED) is 0.648. The van der Waals surface area contributed by atoms with Crippen molar-refractivity contribution < 1.29 is 23.9 Å². The maximum Gasteiger partial charge on any atom is 0.344 e. The number of piperidine rings is 1. The van der Waals surface area contributed by atoms with Crippen molar-refractivity contribution in [1.29, 1.82) is 0 Å². The largest absolute Gasteiger partial charge is 0.482 e. The van der Waals surface area contributed by atoms with E-state index < -0.39 is 17.5 Å². The minimum atomic E-state index is -0.566. The van der Waals surface area contributed by atoms with Crippen molar-refractivity contribution in [3.05, 3.63) is 23.9 Å². The van der Waals surface area contributed by atoms with Crippen LogP contribution < -0.4 is 10.1 Å². The zero-order chi connectivity index (χ0) is 19.8. The fraction of sp³-hybridized carbons (Fsp3) is 0.474. The van der Waals surface area contributed by atoms with Gasteiger partial charge >= 0.3 is 5.97 Å². The lowest BCUT2D eigenvalue weighted by Gasteiger charge is -2.19. The molecular weight excluding hydrogens is 350 g/mol. The molecule has 1 aliphatic rings. The molecule has 0 saturated carbocycles. The van der Waals surface area contributed by atoms with Crippen molar-refractivity contribution in [2.75, 3.05) is 6.61 Å². The van der Waals surface area contributed by atoms with Gasteiger partial charge in [0.2, 0.25) is 11.8 Å². The standard InChI is InChI=1S/C19H23N3O5/c1-19(2,3)27-16(24)10-26-11-5-6-12-14(9-11)22(4)21-17(12)13-7-8-15(23)20-18(13)25/h5-6,9,13H,7-8,10H2,1-4H3,(H,20,23,25). The summed E-state index contributed by atoms with van der Waals surface area (Å²) in [5.41, 5.74) is 0.844. The molecule has 2 amide bonds. The summed E-state index contributed by atoms with van der Waals surface area (Å²) >= 11 is 0. The number of hydrogen-bond donors (Lipinski definition) is 1. The van der Waals surface area contributed by atoms with Crippen LogP contribution in [0.15, 0.2) is 18.2 Å². The van der Waals surface area contributed by atoms with Gasteiger partial charge in [0.25, 0.3) is 0 Å². The van der Waals surface area contributed by atoms with Crippen molar-refractivity contribution in [2.24, 2.45) is 7.05 Å². The number of nitrogens with zero attached hydrogens (tertiary/aromatic N) is 2. The second kappa shape index (κ2) is 7.02. The molecule has 1 N–H and O–H groups in total. The molecule has 8 nitrogen and oxygen atoms in total. The highest BCUT2D eigenvalue weighted by Gasteiger charge is 2.31. The number of imide groups is 1. The molecule has 0 spiro atoms.